The van der Waals surface area contributed by atoms with Gasteiger partial charge in [0.05, 0.1) is 28.3 Å². The summed E-state index contributed by atoms with van der Waals surface area (Å²) in [5, 5.41) is 4.04. The van der Waals surface area contributed by atoms with Gasteiger partial charge in [0.25, 0.3) is 5.56 Å². The van der Waals surface area contributed by atoms with Gasteiger partial charge in [0.1, 0.15) is 0 Å². The Labute approximate surface area is 151 Å². The first-order valence-corrected chi connectivity index (χ1v) is 9.17. The summed E-state index contributed by atoms with van der Waals surface area (Å²) in [6.07, 6.45) is 6.48. The molecule has 0 aliphatic carbocycles. The molecule has 6 nitrogen and oxygen atoms in total. The predicted molar refractivity (Wildman–Crippen MR) is 102 cm³/mol. The van der Waals surface area contributed by atoms with E-state index in [0.29, 0.717) is 11.3 Å². The van der Waals surface area contributed by atoms with Crippen molar-refractivity contribution in [2.75, 3.05) is 25.0 Å². The highest BCUT2D eigenvalue weighted by Gasteiger charge is 2.43. The largest absolute Gasteiger partial charge is 0.324 e. The van der Waals surface area contributed by atoms with Crippen LogP contribution in [0.25, 0.3) is 10.9 Å². The third kappa shape index (κ3) is 2.41. The van der Waals surface area contributed by atoms with Gasteiger partial charge >= 0.3 is 0 Å². The molecular weight excluding hydrogens is 326 g/mol. The third-order valence-corrected chi connectivity index (χ3v) is 5.85. The molecule has 3 aromatic rings. The molecule has 3 fully saturated rings. The number of aromatic nitrogens is 3. The second-order valence-electron chi connectivity index (χ2n) is 7.28. The van der Waals surface area contributed by atoms with Gasteiger partial charge in [-0.25, -0.2) is 4.98 Å². The van der Waals surface area contributed by atoms with Crippen LogP contribution in [0.5, 0.6) is 0 Å². The highest BCUT2D eigenvalue weighted by molar-refractivity contribution is 5.79. The Hall–Kier alpha value is -2.73. The molecule has 2 bridgehead atoms. The Balaban J connectivity index is 1.73. The zero-order valence-electron chi connectivity index (χ0n) is 14.6. The molecule has 0 saturated carbocycles. The molecule has 26 heavy (non-hydrogen) atoms. The van der Waals surface area contributed by atoms with Crippen LogP contribution in [0.3, 0.4) is 0 Å². The van der Waals surface area contributed by atoms with Crippen LogP contribution in [-0.2, 0) is 5.54 Å². The first-order valence-electron chi connectivity index (χ1n) is 9.17. The van der Waals surface area contributed by atoms with Crippen molar-refractivity contribution >= 4 is 22.5 Å². The lowest BCUT2D eigenvalue weighted by Gasteiger charge is -2.49. The fourth-order valence-electron chi connectivity index (χ4n) is 4.37. The molecular formula is C20H21N5O. The van der Waals surface area contributed by atoms with Crippen LogP contribution in [0.1, 0.15) is 19.3 Å². The average Bonchev–Trinajstić information content (AvgIpc) is 2.70. The SMILES string of the molecule is O=c1c2ccccc2nc(Nc2cccnc2)n1C12CCN(CC1)CC2. The van der Waals surface area contributed by atoms with E-state index >= 15 is 0 Å². The quantitative estimate of drug-likeness (QED) is 0.789. The van der Waals surface area contributed by atoms with Crippen molar-refractivity contribution in [3.05, 3.63) is 59.1 Å². The number of hydrogen-bond donors (Lipinski definition) is 1. The van der Waals surface area contributed by atoms with Crippen LogP contribution in [0.15, 0.2) is 53.6 Å². The van der Waals surface area contributed by atoms with Crippen molar-refractivity contribution in [3.63, 3.8) is 0 Å². The monoisotopic (exact) mass is 347 g/mol. The van der Waals surface area contributed by atoms with Gasteiger partial charge in [-0.1, -0.05) is 12.1 Å². The van der Waals surface area contributed by atoms with Gasteiger partial charge in [0, 0.05) is 25.8 Å². The maximum absolute atomic E-state index is 13.5. The molecule has 6 rings (SSSR count). The number of pyridine rings is 1. The number of rotatable bonds is 3. The minimum absolute atomic E-state index is 0.0531. The van der Waals surface area contributed by atoms with E-state index < -0.39 is 0 Å². The number of para-hydroxylation sites is 1. The van der Waals surface area contributed by atoms with Crippen LogP contribution in [-0.4, -0.2) is 39.1 Å². The Morgan fingerprint density at radius 3 is 2.50 bits per heavy atom. The number of fused-ring (bicyclic) bond motifs is 4. The van der Waals surface area contributed by atoms with E-state index in [1.165, 1.54) is 0 Å². The first-order chi connectivity index (χ1) is 12.8. The van der Waals surface area contributed by atoms with E-state index in [4.69, 9.17) is 4.98 Å². The maximum Gasteiger partial charge on any atom is 0.263 e. The van der Waals surface area contributed by atoms with E-state index in [0.717, 1.165) is 50.1 Å². The molecule has 5 heterocycles. The molecule has 3 aliphatic heterocycles. The fourth-order valence-corrected chi connectivity index (χ4v) is 4.37. The Morgan fingerprint density at radius 2 is 1.77 bits per heavy atom. The van der Waals surface area contributed by atoms with Gasteiger partial charge < -0.3 is 10.2 Å². The van der Waals surface area contributed by atoms with Crippen molar-refractivity contribution in [2.45, 2.75) is 24.8 Å². The third-order valence-electron chi connectivity index (χ3n) is 5.85. The van der Waals surface area contributed by atoms with Crippen LogP contribution >= 0.6 is 0 Å². The molecule has 1 N–H and O–H groups in total. The second-order valence-corrected chi connectivity index (χ2v) is 7.28. The summed E-state index contributed by atoms with van der Waals surface area (Å²) in [5.41, 5.74) is 1.48. The van der Waals surface area contributed by atoms with Gasteiger partial charge in [0.2, 0.25) is 5.95 Å². The standard InChI is InChI=1S/C20H21N5O/c26-18-16-5-1-2-6-17(16)23-19(22-15-4-3-10-21-14-15)25(18)20-7-11-24(12-8-20)13-9-20/h1-6,10,14H,7-9,11-13H2,(H,22,23). The zero-order chi connectivity index (χ0) is 17.6. The van der Waals surface area contributed by atoms with Crippen molar-refractivity contribution in [3.8, 4) is 0 Å². The van der Waals surface area contributed by atoms with E-state index in [2.05, 4.69) is 15.2 Å². The summed E-state index contributed by atoms with van der Waals surface area (Å²) < 4.78 is 1.94. The molecule has 2 aromatic heterocycles. The summed E-state index contributed by atoms with van der Waals surface area (Å²) in [6, 6.07) is 11.4. The Morgan fingerprint density at radius 1 is 1.00 bits per heavy atom. The van der Waals surface area contributed by atoms with Crippen molar-refractivity contribution < 1.29 is 0 Å². The molecule has 6 heteroatoms. The van der Waals surface area contributed by atoms with E-state index in [1.807, 2.05) is 41.0 Å². The number of benzene rings is 1. The van der Waals surface area contributed by atoms with Crippen molar-refractivity contribution in [1.29, 1.82) is 0 Å². The summed E-state index contributed by atoms with van der Waals surface area (Å²) >= 11 is 0. The lowest BCUT2D eigenvalue weighted by molar-refractivity contribution is 0.0339. The van der Waals surface area contributed by atoms with E-state index in [1.54, 1.807) is 12.4 Å². The van der Waals surface area contributed by atoms with Gasteiger partial charge in [-0.05, 0) is 43.5 Å². The highest BCUT2D eigenvalue weighted by Crippen LogP contribution is 2.39. The van der Waals surface area contributed by atoms with Gasteiger partial charge in [-0.15, -0.1) is 0 Å². The summed E-state index contributed by atoms with van der Waals surface area (Å²) in [6.45, 7) is 3.14. The lowest BCUT2D eigenvalue weighted by atomic mass is 9.79. The van der Waals surface area contributed by atoms with Crippen LogP contribution < -0.4 is 10.9 Å². The molecule has 3 saturated heterocycles. The van der Waals surface area contributed by atoms with Crippen molar-refractivity contribution in [2.24, 2.45) is 0 Å². The number of hydrogen-bond acceptors (Lipinski definition) is 5. The molecule has 0 unspecified atom stereocenters. The summed E-state index contributed by atoms with van der Waals surface area (Å²) in [7, 11) is 0. The molecule has 0 amide bonds. The zero-order valence-corrected chi connectivity index (χ0v) is 14.6. The van der Waals surface area contributed by atoms with Crippen molar-refractivity contribution in [1.82, 2.24) is 19.4 Å². The molecule has 3 aliphatic rings. The number of piperidine rings is 3. The smallest absolute Gasteiger partial charge is 0.263 e. The molecule has 0 spiro atoms. The number of nitrogens with one attached hydrogen (secondary N) is 1. The minimum Gasteiger partial charge on any atom is -0.324 e. The Kier molecular flexibility index (Phi) is 3.53. The summed E-state index contributed by atoms with van der Waals surface area (Å²) in [5.74, 6) is 0.622. The molecule has 0 atom stereocenters. The average molecular weight is 347 g/mol. The molecule has 1 aromatic carbocycles. The molecule has 132 valence electrons. The number of anilines is 2. The maximum atomic E-state index is 13.5. The van der Waals surface area contributed by atoms with Crippen LogP contribution in [0.4, 0.5) is 11.6 Å². The Bertz CT molecular complexity index is 992. The van der Waals surface area contributed by atoms with Gasteiger partial charge in [0.15, 0.2) is 0 Å². The summed E-state index contributed by atoms with van der Waals surface area (Å²) in [4.78, 5) is 25.0. The van der Waals surface area contributed by atoms with Gasteiger partial charge in [-0.2, -0.15) is 0 Å². The van der Waals surface area contributed by atoms with Crippen LogP contribution in [0.2, 0.25) is 0 Å². The fraction of sp³-hybridized carbons (Fsp3) is 0.350. The first kappa shape index (κ1) is 15.5. The number of nitrogens with zero attached hydrogens (tertiary/aromatic N) is 4. The lowest BCUT2D eigenvalue weighted by Crippen LogP contribution is -2.56. The normalized spacial score (nSPS) is 24.7. The predicted octanol–water partition coefficient (Wildman–Crippen LogP) is 2.73. The van der Waals surface area contributed by atoms with Crippen LogP contribution in [0, 0.1) is 0 Å². The van der Waals surface area contributed by atoms with Gasteiger partial charge in [-0.3, -0.25) is 14.3 Å². The molecule has 0 radical (unpaired) electrons. The second kappa shape index (κ2) is 5.92. The van der Waals surface area contributed by atoms with E-state index in [9.17, 15) is 4.79 Å². The van der Waals surface area contributed by atoms with E-state index in [-0.39, 0.29) is 11.1 Å². The highest BCUT2D eigenvalue weighted by atomic mass is 16.1. The minimum atomic E-state index is -0.145. The topological polar surface area (TPSA) is 63.1 Å².